The summed E-state index contributed by atoms with van der Waals surface area (Å²) in [7, 11) is 1.47. The van der Waals surface area contributed by atoms with Crippen LogP contribution in [0, 0.1) is 0 Å². The van der Waals surface area contributed by atoms with Crippen LogP contribution in [-0.4, -0.2) is 30.1 Å². The highest BCUT2D eigenvalue weighted by Gasteiger charge is 2.39. The molecule has 49 heavy (non-hydrogen) atoms. The fourth-order valence-electron chi connectivity index (χ4n) is 5.95. The topological polar surface area (TPSA) is 87.6 Å². The first-order valence-electron chi connectivity index (χ1n) is 16.1. The Morgan fingerprint density at radius 3 is 1.59 bits per heavy atom. The molecular weight excluding hydrogens is 631 g/mol. The average molecular weight is 669 g/mol. The second kappa shape index (κ2) is 15.0. The summed E-state index contributed by atoms with van der Waals surface area (Å²) in [5.41, 5.74) is 4.95. The van der Waals surface area contributed by atoms with Gasteiger partial charge in [0.15, 0.2) is 5.60 Å². The van der Waals surface area contributed by atoms with E-state index in [1.54, 1.807) is 12.3 Å². The lowest BCUT2D eigenvalue weighted by atomic mass is 9.78. The molecule has 5 aromatic carbocycles. The van der Waals surface area contributed by atoms with Crippen LogP contribution in [0.15, 0.2) is 152 Å². The summed E-state index contributed by atoms with van der Waals surface area (Å²) in [6, 6.07) is 49.3. The summed E-state index contributed by atoms with van der Waals surface area (Å²) in [5.74, 6) is 1.88. The zero-order chi connectivity index (χ0) is 34.3. The Kier molecular flexibility index (Phi) is 10.3. The molecule has 1 heterocycles. The molecule has 0 aliphatic carbocycles. The van der Waals surface area contributed by atoms with E-state index < -0.39 is 16.9 Å². The van der Waals surface area contributed by atoms with Gasteiger partial charge in [-0.05, 0) is 48.5 Å². The maximum atomic E-state index is 11.1. The van der Waals surface area contributed by atoms with Crippen LogP contribution in [0.3, 0.4) is 0 Å². The van der Waals surface area contributed by atoms with Gasteiger partial charge in [0.05, 0.1) is 12.2 Å². The van der Waals surface area contributed by atoms with Crippen LogP contribution in [0.2, 0.25) is 0 Å². The molecule has 248 valence electrons. The molecule has 8 heteroatoms. The molecule has 7 nitrogen and oxygen atoms in total. The molecule has 6 rings (SSSR count). The van der Waals surface area contributed by atoms with Crippen LogP contribution in [-0.2, 0) is 35.4 Å². The lowest BCUT2D eigenvalue weighted by molar-refractivity contribution is 0.155. The van der Waals surface area contributed by atoms with Gasteiger partial charge in [-0.2, -0.15) is 0 Å². The number of rotatable bonds is 13. The van der Waals surface area contributed by atoms with Gasteiger partial charge < -0.3 is 14.0 Å². The van der Waals surface area contributed by atoms with Gasteiger partial charge in [-0.1, -0.05) is 129 Å². The smallest absolute Gasteiger partial charge is 0.184 e. The zero-order valence-corrected chi connectivity index (χ0v) is 28.5. The summed E-state index contributed by atoms with van der Waals surface area (Å²) in [4.78, 5) is 8.58. The first kappa shape index (κ1) is 33.7. The Labute approximate surface area is 290 Å². The van der Waals surface area contributed by atoms with Crippen molar-refractivity contribution < 1.29 is 18.2 Å². The van der Waals surface area contributed by atoms with Gasteiger partial charge in [-0.15, -0.1) is 0 Å². The Hall–Kier alpha value is -5.15. The number of ether oxygens (including phenoxy) is 2. The zero-order valence-electron chi connectivity index (χ0n) is 27.7. The highest BCUT2D eigenvalue weighted by Crippen LogP contribution is 2.42. The standard InChI is InChI=1S/C41H39N3O4S/c1-40(2,31-19-23-37(24-20-31)47-30-36-27-28-42-39(43-36)29-44(3)49(45)46)32-21-25-38(26-22-32)48-41(33-13-7-4-8-14-33,34-15-9-5-10-16-34)35-17-11-6-12-18-35/h4-28H,29-30H2,1-3H3,(H,45,46)/p-1. The number of hydrogen-bond donors (Lipinski definition) is 0. The monoisotopic (exact) mass is 668 g/mol. The van der Waals surface area contributed by atoms with Gasteiger partial charge in [0.1, 0.15) is 23.9 Å². The largest absolute Gasteiger partial charge is 0.760 e. The van der Waals surface area contributed by atoms with Crippen LogP contribution < -0.4 is 9.47 Å². The van der Waals surface area contributed by atoms with Crippen molar-refractivity contribution in [2.24, 2.45) is 0 Å². The van der Waals surface area contributed by atoms with Crippen molar-refractivity contribution in [1.29, 1.82) is 0 Å². The second-order valence-electron chi connectivity index (χ2n) is 12.3. The van der Waals surface area contributed by atoms with Crippen LogP contribution in [0.4, 0.5) is 0 Å². The van der Waals surface area contributed by atoms with Crippen LogP contribution >= 0.6 is 0 Å². The molecule has 1 atom stereocenters. The third-order valence-electron chi connectivity index (χ3n) is 8.73. The van der Waals surface area contributed by atoms with Gasteiger partial charge in [0.25, 0.3) is 0 Å². The van der Waals surface area contributed by atoms with Crippen molar-refractivity contribution in [1.82, 2.24) is 14.3 Å². The van der Waals surface area contributed by atoms with E-state index in [0.29, 0.717) is 17.3 Å². The molecule has 1 unspecified atom stereocenters. The van der Waals surface area contributed by atoms with Crippen molar-refractivity contribution in [2.45, 2.75) is 38.0 Å². The quantitative estimate of drug-likeness (QED) is 0.0917. The number of aromatic nitrogens is 2. The maximum Gasteiger partial charge on any atom is 0.184 e. The van der Waals surface area contributed by atoms with E-state index in [-0.39, 0.29) is 18.6 Å². The summed E-state index contributed by atoms with van der Waals surface area (Å²) in [5, 5.41) is 0. The van der Waals surface area contributed by atoms with Crippen LogP contribution in [0.5, 0.6) is 11.5 Å². The van der Waals surface area contributed by atoms with Gasteiger partial charge in [-0.3, -0.25) is 4.21 Å². The molecule has 0 saturated carbocycles. The Bertz CT molecular complexity index is 1880. The van der Waals surface area contributed by atoms with E-state index in [4.69, 9.17) is 9.47 Å². The molecule has 0 aliphatic rings. The van der Waals surface area contributed by atoms with Gasteiger partial charge >= 0.3 is 0 Å². The third kappa shape index (κ3) is 7.62. The summed E-state index contributed by atoms with van der Waals surface area (Å²) >= 11 is -2.34. The minimum Gasteiger partial charge on any atom is -0.760 e. The first-order chi connectivity index (χ1) is 23.8. The highest BCUT2D eigenvalue weighted by molar-refractivity contribution is 7.76. The van der Waals surface area contributed by atoms with E-state index >= 15 is 0 Å². The molecular formula is C41H38N3O4S-. The number of benzene rings is 5. The highest BCUT2D eigenvalue weighted by atomic mass is 32.2. The van der Waals surface area contributed by atoms with Crippen molar-refractivity contribution >= 4 is 11.3 Å². The minimum absolute atomic E-state index is 0.0920. The predicted molar refractivity (Wildman–Crippen MR) is 192 cm³/mol. The molecule has 0 spiro atoms. The van der Waals surface area contributed by atoms with Crippen LogP contribution in [0.1, 0.15) is 53.2 Å². The van der Waals surface area contributed by atoms with Crippen molar-refractivity contribution in [3.63, 3.8) is 0 Å². The van der Waals surface area contributed by atoms with E-state index in [2.05, 4.69) is 133 Å². The summed E-state index contributed by atoms with van der Waals surface area (Å²) in [6.45, 7) is 4.74. The fraction of sp³-hybridized carbons (Fsp3) is 0.171. The van der Waals surface area contributed by atoms with Crippen LogP contribution in [0.25, 0.3) is 0 Å². The minimum atomic E-state index is -2.34. The molecule has 0 amide bonds. The molecule has 0 saturated heterocycles. The Morgan fingerprint density at radius 2 is 1.12 bits per heavy atom. The molecule has 6 aromatic rings. The van der Waals surface area contributed by atoms with E-state index in [1.165, 1.54) is 7.05 Å². The SMILES string of the molecule is CN(Cc1nccc(COc2ccc(C(C)(C)c3ccc(OC(c4ccccc4)(c4ccccc4)c4ccccc4)cc3)cc2)n1)S(=O)[O-]. The normalized spacial score (nSPS) is 12.4. The first-order valence-corrected chi connectivity index (χ1v) is 17.1. The number of nitrogens with zero attached hydrogens (tertiary/aromatic N) is 3. The molecule has 0 radical (unpaired) electrons. The van der Waals surface area contributed by atoms with E-state index in [0.717, 1.165) is 37.9 Å². The molecule has 0 N–H and O–H groups in total. The van der Waals surface area contributed by atoms with Crippen molar-refractivity contribution in [3.05, 3.63) is 191 Å². The second-order valence-corrected chi connectivity index (χ2v) is 13.4. The van der Waals surface area contributed by atoms with Gasteiger partial charge in [0, 0.05) is 39.6 Å². The lowest BCUT2D eigenvalue weighted by Gasteiger charge is -2.36. The fourth-order valence-corrected chi connectivity index (χ4v) is 6.17. The Morgan fingerprint density at radius 1 is 0.653 bits per heavy atom. The number of hydrogen-bond acceptors (Lipinski definition) is 6. The van der Waals surface area contributed by atoms with Crippen molar-refractivity contribution in [3.8, 4) is 11.5 Å². The maximum absolute atomic E-state index is 11.1. The molecule has 1 aromatic heterocycles. The summed E-state index contributed by atoms with van der Waals surface area (Å²) in [6.07, 6.45) is 1.61. The lowest BCUT2D eigenvalue weighted by Crippen LogP contribution is -2.36. The summed E-state index contributed by atoms with van der Waals surface area (Å²) < 4.78 is 36.5. The van der Waals surface area contributed by atoms with Gasteiger partial charge in [0.2, 0.25) is 0 Å². The predicted octanol–water partition coefficient (Wildman–Crippen LogP) is 7.98. The Balaban J connectivity index is 1.20. The average Bonchev–Trinajstić information content (AvgIpc) is 3.14. The third-order valence-corrected chi connectivity index (χ3v) is 9.37. The van der Waals surface area contributed by atoms with Gasteiger partial charge in [-0.25, -0.2) is 14.3 Å². The van der Waals surface area contributed by atoms with Crippen molar-refractivity contribution in [2.75, 3.05) is 7.05 Å². The van der Waals surface area contributed by atoms with E-state index in [1.807, 2.05) is 30.3 Å². The molecule has 0 fully saturated rings. The van der Waals surface area contributed by atoms with E-state index in [9.17, 15) is 8.76 Å². The molecule has 0 aliphatic heterocycles. The molecule has 0 bridgehead atoms.